The van der Waals surface area contributed by atoms with E-state index < -0.39 is 11.5 Å². The number of halogens is 2. The van der Waals surface area contributed by atoms with Crippen molar-refractivity contribution in [2.75, 3.05) is 31.1 Å². The van der Waals surface area contributed by atoms with E-state index in [0.717, 1.165) is 36.3 Å². The molecule has 234 valence electrons. The van der Waals surface area contributed by atoms with Gasteiger partial charge in [-0.15, -0.1) is 0 Å². The fraction of sp³-hybridized carbons (Fsp3) is 0.371. The number of para-hydroxylation sites is 1. The van der Waals surface area contributed by atoms with Gasteiger partial charge in [-0.1, -0.05) is 62.4 Å². The Bertz CT molecular complexity index is 1850. The molecule has 2 aliphatic heterocycles. The van der Waals surface area contributed by atoms with Crippen molar-refractivity contribution in [3.05, 3.63) is 93.6 Å². The molecule has 4 heterocycles. The number of rotatable bonds is 7. The molecule has 0 bridgehead atoms. The van der Waals surface area contributed by atoms with E-state index in [-0.39, 0.29) is 40.2 Å². The normalized spacial score (nSPS) is 18.8. The first-order valence-corrected chi connectivity index (χ1v) is 15.9. The second kappa shape index (κ2) is 12.4. The van der Waals surface area contributed by atoms with Crippen LogP contribution in [0.25, 0.3) is 28.0 Å². The number of amides is 1. The van der Waals surface area contributed by atoms with E-state index in [1.807, 2.05) is 30.9 Å². The smallest absolute Gasteiger partial charge is 0.349 e. The molecular formula is C35H38ClFN6O2. The number of likely N-dealkylation sites (tertiary alicyclic amines) is 1. The van der Waals surface area contributed by atoms with E-state index >= 15 is 4.39 Å². The Kier molecular flexibility index (Phi) is 8.50. The molecule has 6 rings (SSSR count). The third-order valence-electron chi connectivity index (χ3n) is 8.99. The lowest BCUT2D eigenvalue weighted by atomic mass is 9.96. The van der Waals surface area contributed by atoms with Gasteiger partial charge in [-0.3, -0.25) is 9.69 Å². The van der Waals surface area contributed by atoms with Gasteiger partial charge in [-0.2, -0.15) is 4.98 Å². The highest BCUT2D eigenvalue weighted by atomic mass is 35.5. The van der Waals surface area contributed by atoms with Crippen molar-refractivity contribution >= 4 is 34.4 Å². The van der Waals surface area contributed by atoms with Crippen LogP contribution in [-0.4, -0.2) is 68.5 Å². The average molecular weight is 629 g/mol. The standard InChI is InChI=1S/C35H38ClFN6O2/c1-6-30(44)41-18-23(5)42(19-22(41)4)33-27-17-28(36)31(26-12-7-8-14-29(26)37)38-34(27)43(35(45)39-33)32-24(20-40-15-10-16-40)11-9-13-25(32)21(2)3/h6-9,11-14,17,21-23H,1,10,15-16,18-20H2,2-5H3. The predicted molar refractivity (Wildman–Crippen MR) is 178 cm³/mol. The highest BCUT2D eigenvalue weighted by Crippen LogP contribution is 2.37. The van der Waals surface area contributed by atoms with Crippen molar-refractivity contribution in [1.82, 2.24) is 24.3 Å². The lowest BCUT2D eigenvalue weighted by Gasteiger charge is -2.44. The van der Waals surface area contributed by atoms with Crippen molar-refractivity contribution < 1.29 is 9.18 Å². The van der Waals surface area contributed by atoms with Crippen molar-refractivity contribution in [1.29, 1.82) is 0 Å². The summed E-state index contributed by atoms with van der Waals surface area (Å²) in [6, 6.07) is 13.9. The first-order chi connectivity index (χ1) is 21.6. The summed E-state index contributed by atoms with van der Waals surface area (Å²) in [6.45, 7) is 15.4. The molecule has 0 spiro atoms. The van der Waals surface area contributed by atoms with Gasteiger partial charge in [0.05, 0.1) is 21.8 Å². The number of piperazine rings is 1. The number of nitrogens with zero attached hydrogens (tertiary/aromatic N) is 6. The molecule has 0 aliphatic carbocycles. The molecule has 2 aliphatic rings. The SMILES string of the molecule is C=CC(=O)N1CC(C)N(c2nc(=O)n(-c3c(CN4CCC4)cccc3C(C)C)c3nc(-c4ccccc4F)c(Cl)cc23)CC1C. The molecule has 0 N–H and O–H groups in total. The third kappa shape index (κ3) is 5.64. The number of hydrogen-bond acceptors (Lipinski definition) is 6. The lowest BCUT2D eigenvalue weighted by molar-refractivity contribution is -0.128. The number of aromatic nitrogens is 3. The summed E-state index contributed by atoms with van der Waals surface area (Å²) in [5, 5.41) is 0.829. The molecule has 1 amide bonds. The molecular weight excluding hydrogens is 591 g/mol. The second-order valence-corrected chi connectivity index (χ2v) is 12.8. The fourth-order valence-electron chi connectivity index (χ4n) is 6.47. The van der Waals surface area contributed by atoms with Crippen LogP contribution in [0, 0.1) is 5.82 Å². The van der Waals surface area contributed by atoms with Gasteiger partial charge in [0.2, 0.25) is 5.91 Å². The van der Waals surface area contributed by atoms with Gasteiger partial charge in [-0.05, 0) is 74.7 Å². The Balaban J connectivity index is 1.63. The molecule has 2 atom stereocenters. The van der Waals surface area contributed by atoms with Crippen LogP contribution in [0.15, 0.2) is 66.0 Å². The van der Waals surface area contributed by atoms with Crippen LogP contribution in [0.2, 0.25) is 5.02 Å². The Labute approximate surface area is 267 Å². The minimum absolute atomic E-state index is 0.104. The summed E-state index contributed by atoms with van der Waals surface area (Å²) in [5.74, 6) is -0.0489. The maximum absolute atomic E-state index is 15.1. The molecule has 0 saturated carbocycles. The topological polar surface area (TPSA) is 74.6 Å². The Morgan fingerprint density at radius 3 is 2.51 bits per heavy atom. The zero-order valence-corrected chi connectivity index (χ0v) is 26.9. The number of carbonyl (C=O) groups excluding carboxylic acids is 1. The lowest BCUT2D eigenvalue weighted by Crippen LogP contribution is -2.58. The molecule has 8 nitrogen and oxygen atoms in total. The molecule has 2 unspecified atom stereocenters. The van der Waals surface area contributed by atoms with E-state index in [1.54, 1.807) is 33.7 Å². The van der Waals surface area contributed by atoms with Gasteiger partial charge in [0.25, 0.3) is 0 Å². The van der Waals surface area contributed by atoms with Gasteiger partial charge >= 0.3 is 5.69 Å². The number of hydrogen-bond donors (Lipinski definition) is 0. The average Bonchev–Trinajstić information content (AvgIpc) is 2.99. The van der Waals surface area contributed by atoms with E-state index in [9.17, 15) is 9.59 Å². The summed E-state index contributed by atoms with van der Waals surface area (Å²) in [4.78, 5) is 42.8. The minimum Gasteiger partial charge on any atom is -0.349 e. The minimum atomic E-state index is -0.478. The maximum Gasteiger partial charge on any atom is 0.355 e. The molecule has 10 heteroatoms. The molecule has 2 fully saturated rings. The van der Waals surface area contributed by atoms with Gasteiger partial charge in [0, 0.05) is 37.3 Å². The van der Waals surface area contributed by atoms with Crippen LogP contribution in [0.3, 0.4) is 0 Å². The van der Waals surface area contributed by atoms with E-state index in [0.29, 0.717) is 36.5 Å². The van der Waals surface area contributed by atoms with Crippen LogP contribution < -0.4 is 10.6 Å². The van der Waals surface area contributed by atoms with E-state index in [2.05, 4.69) is 31.4 Å². The van der Waals surface area contributed by atoms with Gasteiger partial charge < -0.3 is 9.80 Å². The van der Waals surface area contributed by atoms with Crippen molar-refractivity contribution in [2.45, 2.75) is 58.7 Å². The molecule has 45 heavy (non-hydrogen) atoms. The number of anilines is 1. The van der Waals surface area contributed by atoms with Crippen molar-refractivity contribution in [3.8, 4) is 16.9 Å². The van der Waals surface area contributed by atoms with E-state index in [1.165, 1.54) is 12.1 Å². The van der Waals surface area contributed by atoms with Crippen molar-refractivity contribution in [2.24, 2.45) is 0 Å². The number of fused-ring (bicyclic) bond motifs is 1. The number of benzene rings is 2. The largest absolute Gasteiger partial charge is 0.355 e. The van der Waals surface area contributed by atoms with Gasteiger partial charge in [0.15, 0.2) is 5.65 Å². The number of carbonyl (C=O) groups is 1. The van der Waals surface area contributed by atoms with Crippen LogP contribution in [0.5, 0.6) is 0 Å². The molecule has 4 aromatic rings. The molecule has 2 aromatic heterocycles. The summed E-state index contributed by atoms with van der Waals surface area (Å²) >= 11 is 6.88. The third-order valence-corrected chi connectivity index (χ3v) is 9.27. The molecule has 0 radical (unpaired) electrons. The fourth-order valence-corrected chi connectivity index (χ4v) is 6.73. The molecule has 2 aromatic carbocycles. The Hall–Kier alpha value is -4.08. The summed E-state index contributed by atoms with van der Waals surface area (Å²) in [5.41, 5.74) is 3.13. The predicted octanol–water partition coefficient (Wildman–Crippen LogP) is 6.18. The maximum atomic E-state index is 15.1. The Morgan fingerprint density at radius 2 is 1.84 bits per heavy atom. The van der Waals surface area contributed by atoms with Gasteiger partial charge in [-0.25, -0.2) is 18.7 Å². The summed E-state index contributed by atoms with van der Waals surface area (Å²) < 4.78 is 16.7. The van der Waals surface area contributed by atoms with Crippen LogP contribution >= 0.6 is 11.6 Å². The first kappa shape index (κ1) is 30.9. The van der Waals surface area contributed by atoms with Crippen molar-refractivity contribution in [3.63, 3.8) is 0 Å². The highest BCUT2D eigenvalue weighted by Gasteiger charge is 2.34. The Morgan fingerprint density at radius 1 is 1.09 bits per heavy atom. The van der Waals surface area contributed by atoms with E-state index in [4.69, 9.17) is 21.6 Å². The van der Waals surface area contributed by atoms with Crippen LogP contribution in [0.4, 0.5) is 10.2 Å². The second-order valence-electron chi connectivity index (χ2n) is 12.4. The van der Waals surface area contributed by atoms with Crippen LogP contribution in [-0.2, 0) is 11.3 Å². The number of pyridine rings is 1. The zero-order valence-electron chi connectivity index (χ0n) is 26.1. The monoisotopic (exact) mass is 628 g/mol. The molecule has 2 saturated heterocycles. The quantitative estimate of drug-likeness (QED) is 0.228. The van der Waals surface area contributed by atoms with Crippen LogP contribution in [0.1, 0.15) is 51.2 Å². The first-order valence-electron chi connectivity index (χ1n) is 15.5. The summed E-state index contributed by atoms with van der Waals surface area (Å²) in [7, 11) is 0. The highest BCUT2D eigenvalue weighted by molar-refractivity contribution is 6.33. The zero-order chi connectivity index (χ0) is 32.0. The summed E-state index contributed by atoms with van der Waals surface area (Å²) in [6.07, 6.45) is 2.47. The van der Waals surface area contributed by atoms with Gasteiger partial charge in [0.1, 0.15) is 11.6 Å².